The third-order valence-corrected chi connectivity index (χ3v) is 4.48. The number of hydrogen-bond donors (Lipinski definition) is 1. The Morgan fingerprint density at radius 2 is 2.14 bits per heavy atom. The number of nitrogens with two attached hydrogens (primary N) is 1. The predicted octanol–water partition coefficient (Wildman–Crippen LogP) is 2.52. The van der Waals surface area contributed by atoms with Gasteiger partial charge in [0, 0.05) is 22.5 Å². The maximum atomic E-state index is 12.1. The number of halogens is 1. The van der Waals surface area contributed by atoms with Gasteiger partial charge < -0.3 is 5.73 Å². The average Bonchev–Trinajstić information content (AvgIpc) is 2.79. The molecule has 1 aromatic carbocycles. The molecule has 0 radical (unpaired) electrons. The highest BCUT2D eigenvalue weighted by atomic mass is 35.5. The van der Waals surface area contributed by atoms with Crippen LogP contribution in [-0.4, -0.2) is 19.9 Å². The molecule has 5 nitrogen and oxygen atoms in total. The molecule has 0 bridgehead atoms. The van der Waals surface area contributed by atoms with Crippen LogP contribution in [0.2, 0.25) is 5.02 Å². The first-order valence-electron chi connectivity index (χ1n) is 6.37. The lowest BCUT2D eigenvalue weighted by molar-refractivity contribution is 0.640. The topological polar surface area (TPSA) is 65.3 Å². The summed E-state index contributed by atoms with van der Waals surface area (Å²) < 4.78 is 2.99. The van der Waals surface area contributed by atoms with Gasteiger partial charge in [0.25, 0.3) is 0 Å². The molecule has 7 heteroatoms. The van der Waals surface area contributed by atoms with Crippen LogP contribution in [0.4, 0.5) is 5.69 Å². The van der Waals surface area contributed by atoms with E-state index in [1.54, 1.807) is 24.0 Å². The van der Waals surface area contributed by atoms with Gasteiger partial charge in [-0.3, -0.25) is 4.40 Å². The summed E-state index contributed by atoms with van der Waals surface area (Å²) in [7, 11) is 0. The standard InChI is InChI=1S/C14H13ClN4OS/c15-11-9-10(16)4-5-12(11)21-8-7-19-14(20)18-6-2-1-3-13(18)17-19/h1-6,9H,7-8,16H2. The Kier molecular flexibility index (Phi) is 3.90. The number of aromatic nitrogens is 3. The van der Waals surface area contributed by atoms with Gasteiger partial charge in [-0.25, -0.2) is 9.48 Å². The van der Waals surface area contributed by atoms with E-state index in [0.717, 1.165) is 4.90 Å². The molecular formula is C14H13ClN4OS. The lowest BCUT2D eigenvalue weighted by Gasteiger charge is -2.04. The van der Waals surface area contributed by atoms with E-state index < -0.39 is 0 Å². The number of thioether (sulfide) groups is 1. The second kappa shape index (κ2) is 5.83. The summed E-state index contributed by atoms with van der Waals surface area (Å²) in [5.74, 6) is 0.702. The maximum Gasteiger partial charge on any atom is 0.350 e. The van der Waals surface area contributed by atoms with Gasteiger partial charge >= 0.3 is 5.69 Å². The molecule has 108 valence electrons. The van der Waals surface area contributed by atoms with Gasteiger partial charge in [0.15, 0.2) is 5.65 Å². The van der Waals surface area contributed by atoms with Gasteiger partial charge in [-0.2, -0.15) is 0 Å². The predicted molar refractivity (Wildman–Crippen MR) is 86.0 cm³/mol. The first kappa shape index (κ1) is 14.0. The fourth-order valence-electron chi connectivity index (χ4n) is 1.99. The van der Waals surface area contributed by atoms with E-state index in [4.69, 9.17) is 17.3 Å². The summed E-state index contributed by atoms with van der Waals surface area (Å²) in [5, 5.41) is 4.91. The largest absolute Gasteiger partial charge is 0.399 e. The van der Waals surface area contributed by atoms with Crippen molar-refractivity contribution in [2.75, 3.05) is 11.5 Å². The van der Waals surface area contributed by atoms with E-state index in [9.17, 15) is 4.79 Å². The summed E-state index contributed by atoms with van der Waals surface area (Å²) >= 11 is 7.69. The molecule has 21 heavy (non-hydrogen) atoms. The fraction of sp³-hybridized carbons (Fsp3) is 0.143. The molecule has 0 fully saturated rings. The van der Waals surface area contributed by atoms with Gasteiger partial charge in [-0.15, -0.1) is 16.9 Å². The first-order valence-corrected chi connectivity index (χ1v) is 7.73. The van der Waals surface area contributed by atoms with E-state index in [2.05, 4.69) is 5.10 Å². The number of pyridine rings is 1. The number of anilines is 1. The van der Waals surface area contributed by atoms with Crippen LogP contribution >= 0.6 is 23.4 Å². The zero-order valence-electron chi connectivity index (χ0n) is 11.1. The molecule has 2 aromatic heterocycles. The van der Waals surface area contributed by atoms with Crippen LogP contribution in [-0.2, 0) is 6.54 Å². The lowest BCUT2D eigenvalue weighted by Crippen LogP contribution is -2.21. The van der Waals surface area contributed by atoms with Crippen LogP contribution in [0.3, 0.4) is 0 Å². The van der Waals surface area contributed by atoms with Gasteiger partial charge in [-0.05, 0) is 30.3 Å². The molecule has 0 aliphatic rings. The van der Waals surface area contributed by atoms with Crippen molar-refractivity contribution in [3.05, 3.63) is 58.1 Å². The Morgan fingerprint density at radius 3 is 2.90 bits per heavy atom. The molecule has 0 unspecified atom stereocenters. The number of aryl methyl sites for hydroxylation is 1. The SMILES string of the molecule is Nc1ccc(SCCn2nc3ccccn3c2=O)c(Cl)c1. The van der Waals surface area contributed by atoms with Gasteiger partial charge in [-0.1, -0.05) is 17.7 Å². The summed E-state index contributed by atoms with van der Waals surface area (Å²) in [6, 6.07) is 10.9. The second-order valence-corrected chi connectivity index (χ2v) is 6.02. The molecule has 0 amide bonds. The zero-order valence-corrected chi connectivity index (χ0v) is 12.6. The minimum absolute atomic E-state index is 0.130. The van der Waals surface area contributed by atoms with Crippen molar-refractivity contribution in [3.63, 3.8) is 0 Å². The maximum absolute atomic E-state index is 12.1. The van der Waals surface area contributed by atoms with Gasteiger partial charge in [0.1, 0.15) is 0 Å². The highest BCUT2D eigenvalue weighted by Gasteiger charge is 2.06. The third-order valence-electron chi connectivity index (χ3n) is 3.01. The van der Waals surface area contributed by atoms with E-state index in [1.165, 1.54) is 9.08 Å². The summed E-state index contributed by atoms with van der Waals surface area (Å²) in [4.78, 5) is 13.0. The Morgan fingerprint density at radius 1 is 1.29 bits per heavy atom. The van der Waals surface area contributed by atoms with Crippen molar-refractivity contribution in [2.24, 2.45) is 0 Å². The van der Waals surface area contributed by atoms with Crippen molar-refractivity contribution in [1.29, 1.82) is 0 Å². The highest BCUT2D eigenvalue weighted by molar-refractivity contribution is 7.99. The quantitative estimate of drug-likeness (QED) is 0.592. The highest BCUT2D eigenvalue weighted by Crippen LogP contribution is 2.28. The van der Waals surface area contributed by atoms with Crippen LogP contribution in [0.15, 0.2) is 52.3 Å². The van der Waals surface area contributed by atoms with Crippen molar-refractivity contribution >= 4 is 34.7 Å². The Balaban J connectivity index is 1.72. The summed E-state index contributed by atoms with van der Waals surface area (Å²) in [6.07, 6.45) is 1.71. The minimum atomic E-state index is -0.130. The third kappa shape index (κ3) is 2.91. The number of rotatable bonds is 4. The van der Waals surface area contributed by atoms with Crippen LogP contribution < -0.4 is 11.4 Å². The second-order valence-electron chi connectivity index (χ2n) is 4.47. The Hall–Kier alpha value is -1.92. The molecule has 0 saturated carbocycles. The monoisotopic (exact) mass is 320 g/mol. The van der Waals surface area contributed by atoms with Crippen molar-refractivity contribution in [3.8, 4) is 0 Å². The number of fused-ring (bicyclic) bond motifs is 1. The van der Waals surface area contributed by atoms with E-state index in [0.29, 0.717) is 28.7 Å². The number of benzene rings is 1. The van der Waals surface area contributed by atoms with Gasteiger partial charge in [0.2, 0.25) is 0 Å². The Labute approximate surface area is 130 Å². The molecule has 2 N–H and O–H groups in total. The lowest BCUT2D eigenvalue weighted by atomic mass is 10.3. The number of nitrogens with zero attached hydrogens (tertiary/aromatic N) is 3. The fourth-order valence-corrected chi connectivity index (χ4v) is 3.19. The molecule has 0 aliphatic carbocycles. The van der Waals surface area contributed by atoms with Crippen molar-refractivity contribution < 1.29 is 0 Å². The average molecular weight is 321 g/mol. The first-order chi connectivity index (χ1) is 10.1. The molecule has 0 atom stereocenters. The molecule has 0 spiro atoms. The van der Waals surface area contributed by atoms with E-state index in [1.807, 2.05) is 30.3 Å². The molecule has 3 rings (SSSR count). The van der Waals surface area contributed by atoms with Crippen LogP contribution in [0.25, 0.3) is 5.65 Å². The smallest absolute Gasteiger partial charge is 0.350 e. The van der Waals surface area contributed by atoms with E-state index in [-0.39, 0.29) is 5.69 Å². The summed E-state index contributed by atoms with van der Waals surface area (Å²) in [5.41, 5.74) is 6.82. The molecule has 2 heterocycles. The molecule has 0 saturated heterocycles. The summed E-state index contributed by atoms with van der Waals surface area (Å²) in [6.45, 7) is 0.520. The zero-order chi connectivity index (χ0) is 14.8. The van der Waals surface area contributed by atoms with Crippen LogP contribution in [0.5, 0.6) is 0 Å². The van der Waals surface area contributed by atoms with Gasteiger partial charge in [0.05, 0.1) is 11.6 Å². The normalized spacial score (nSPS) is 11.1. The molecular weight excluding hydrogens is 308 g/mol. The number of hydrogen-bond acceptors (Lipinski definition) is 4. The minimum Gasteiger partial charge on any atom is -0.399 e. The van der Waals surface area contributed by atoms with E-state index >= 15 is 0 Å². The van der Waals surface area contributed by atoms with Crippen molar-refractivity contribution in [2.45, 2.75) is 11.4 Å². The van der Waals surface area contributed by atoms with Crippen LogP contribution in [0, 0.1) is 0 Å². The Bertz CT molecular complexity index is 842. The molecule has 3 aromatic rings. The van der Waals surface area contributed by atoms with Crippen molar-refractivity contribution in [1.82, 2.24) is 14.2 Å². The number of nitrogen functional groups attached to an aromatic ring is 1. The van der Waals surface area contributed by atoms with Crippen LogP contribution in [0.1, 0.15) is 0 Å². The molecule has 0 aliphatic heterocycles.